The lowest BCUT2D eigenvalue weighted by Gasteiger charge is -2.48. The predicted molar refractivity (Wildman–Crippen MR) is 85.8 cm³/mol. The van der Waals surface area contributed by atoms with Crippen LogP contribution in [0.4, 0.5) is 19.0 Å². The van der Waals surface area contributed by atoms with Crippen LogP contribution in [0.3, 0.4) is 0 Å². The molecule has 0 bridgehead atoms. The smallest absolute Gasteiger partial charge is 0.359 e. The summed E-state index contributed by atoms with van der Waals surface area (Å²) >= 11 is 0.244. The van der Waals surface area contributed by atoms with E-state index >= 15 is 0 Å². The van der Waals surface area contributed by atoms with Crippen LogP contribution in [-0.2, 0) is 4.79 Å². The van der Waals surface area contributed by atoms with Gasteiger partial charge in [0.15, 0.2) is 11.6 Å². The highest BCUT2D eigenvalue weighted by Crippen LogP contribution is 2.46. The van der Waals surface area contributed by atoms with Crippen LogP contribution in [0.1, 0.15) is 13.8 Å². The monoisotopic (exact) mass is 364 g/mol. The number of nitrogens with two attached hydrogens (primary N) is 2. The third-order valence-corrected chi connectivity index (χ3v) is 4.22. The second-order valence-electron chi connectivity index (χ2n) is 6.23. The van der Waals surface area contributed by atoms with Crippen molar-refractivity contribution >= 4 is 23.5 Å². The van der Waals surface area contributed by atoms with Gasteiger partial charge in [0.2, 0.25) is 5.50 Å². The molecule has 0 fully saturated rings. The molecule has 1 aliphatic rings. The zero-order valence-corrected chi connectivity index (χ0v) is 14.2. The summed E-state index contributed by atoms with van der Waals surface area (Å²) in [5, 5.41) is 0. The van der Waals surface area contributed by atoms with Gasteiger partial charge >= 0.3 is 11.9 Å². The first-order valence-corrected chi connectivity index (χ1v) is 8.31. The normalized spacial score (nSPS) is 22.8. The first kappa shape index (κ1) is 18.8. The number of alkyl halides is 3. The molecule has 24 heavy (non-hydrogen) atoms. The maximum Gasteiger partial charge on any atom is 0.359 e. The highest BCUT2D eigenvalue weighted by Gasteiger charge is 2.68. The Hall–Kier alpha value is -1.52. The van der Waals surface area contributed by atoms with Crippen LogP contribution in [0.2, 0.25) is 0 Å². The van der Waals surface area contributed by atoms with Crippen molar-refractivity contribution in [2.45, 2.75) is 36.5 Å². The topological polar surface area (TPSA) is 94.5 Å². The molecule has 0 aromatic carbocycles. The summed E-state index contributed by atoms with van der Waals surface area (Å²) in [6.45, 7) is 2.87. The Labute approximate surface area is 141 Å². The predicted octanol–water partition coefficient (Wildman–Crippen LogP) is 1.49. The van der Waals surface area contributed by atoms with Gasteiger partial charge in [0.05, 0.1) is 0 Å². The standard InChI is InChI=1S/C14H19F3N4O2S/c1-12(2,18)7-21-9-8(5-4-6-20-9)23-11(22)14(21,19)13(16,17)10(15)24-3/h4-6,10H,7,18-19H2,1-3H3. The number of rotatable bonds is 5. The summed E-state index contributed by atoms with van der Waals surface area (Å²) in [5.41, 5.74) is 4.89. The summed E-state index contributed by atoms with van der Waals surface area (Å²) in [5.74, 6) is -5.84. The van der Waals surface area contributed by atoms with E-state index in [4.69, 9.17) is 16.2 Å². The van der Waals surface area contributed by atoms with Gasteiger partial charge in [-0.05, 0) is 32.2 Å². The van der Waals surface area contributed by atoms with Crippen LogP contribution < -0.4 is 21.1 Å². The Morgan fingerprint density at radius 3 is 2.67 bits per heavy atom. The first-order valence-electron chi connectivity index (χ1n) is 7.02. The van der Waals surface area contributed by atoms with Gasteiger partial charge in [0.1, 0.15) is 0 Å². The third-order valence-electron chi connectivity index (χ3n) is 3.51. The van der Waals surface area contributed by atoms with Crippen molar-refractivity contribution < 1.29 is 22.7 Å². The zero-order chi connectivity index (χ0) is 18.3. The summed E-state index contributed by atoms with van der Waals surface area (Å²) < 4.78 is 48.3. The van der Waals surface area contributed by atoms with Crippen LogP contribution in [0.5, 0.6) is 5.75 Å². The number of hydrogen-bond donors (Lipinski definition) is 2. The van der Waals surface area contributed by atoms with E-state index in [1.807, 2.05) is 0 Å². The van der Waals surface area contributed by atoms with Gasteiger partial charge in [-0.2, -0.15) is 8.78 Å². The van der Waals surface area contributed by atoms with Gasteiger partial charge in [-0.15, -0.1) is 11.8 Å². The van der Waals surface area contributed by atoms with E-state index in [9.17, 15) is 18.0 Å². The Bertz CT molecular complexity index is 641. The van der Waals surface area contributed by atoms with Gasteiger partial charge in [-0.1, -0.05) is 0 Å². The lowest BCUT2D eigenvalue weighted by atomic mass is 9.95. The van der Waals surface area contributed by atoms with Crippen LogP contribution in [-0.4, -0.2) is 46.4 Å². The number of carbonyl (C=O) groups excluding carboxylic acids is 1. The van der Waals surface area contributed by atoms with Crippen molar-refractivity contribution in [2.75, 3.05) is 17.7 Å². The van der Waals surface area contributed by atoms with Gasteiger partial charge in [0, 0.05) is 18.3 Å². The van der Waals surface area contributed by atoms with E-state index in [1.165, 1.54) is 18.3 Å². The maximum absolute atomic E-state index is 14.7. The molecule has 2 heterocycles. The number of esters is 1. The second kappa shape index (κ2) is 6.08. The van der Waals surface area contributed by atoms with Crippen molar-refractivity contribution in [1.29, 1.82) is 0 Å². The van der Waals surface area contributed by atoms with E-state index in [1.54, 1.807) is 13.8 Å². The van der Waals surface area contributed by atoms with Crippen LogP contribution >= 0.6 is 11.8 Å². The van der Waals surface area contributed by atoms with Crippen LogP contribution in [0.15, 0.2) is 18.3 Å². The molecule has 10 heteroatoms. The number of fused-ring (bicyclic) bond motifs is 1. The van der Waals surface area contributed by atoms with Crippen molar-refractivity contribution in [3.8, 4) is 5.75 Å². The number of thioether (sulfide) groups is 1. The van der Waals surface area contributed by atoms with Crippen LogP contribution in [0, 0.1) is 0 Å². The molecule has 0 amide bonds. The number of aromatic nitrogens is 1. The number of nitrogens with zero attached hydrogens (tertiary/aromatic N) is 2. The molecule has 2 atom stereocenters. The summed E-state index contributed by atoms with van der Waals surface area (Å²) in [4.78, 5) is 17.1. The van der Waals surface area contributed by atoms with Crippen molar-refractivity contribution in [3.05, 3.63) is 18.3 Å². The van der Waals surface area contributed by atoms with E-state index < -0.39 is 28.6 Å². The van der Waals surface area contributed by atoms with Gasteiger partial charge in [-0.3, -0.25) is 5.73 Å². The Kier molecular flexibility index (Phi) is 4.77. The molecule has 2 unspecified atom stereocenters. The SMILES string of the molecule is CSC(F)C(F)(F)C1(N)C(=O)Oc2cccnc2N1CC(C)(C)N. The summed E-state index contributed by atoms with van der Waals surface area (Å²) in [7, 11) is 0. The minimum atomic E-state index is -4.25. The molecule has 0 radical (unpaired) electrons. The van der Waals surface area contributed by atoms with E-state index in [2.05, 4.69) is 4.98 Å². The average molecular weight is 364 g/mol. The second-order valence-corrected chi connectivity index (χ2v) is 7.12. The number of pyridine rings is 1. The fraction of sp³-hybridized carbons (Fsp3) is 0.571. The molecule has 1 aliphatic heterocycles. The molecule has 0 spiro atoms. The molecule has 134 valence electrons. The van der Waals surface area contributed by atoms with Crippen LogP contribution in [0.25, 0.3) is 0 Å². The minimum absolute atomic E-state index is 0.0387. The molecule has 1 aromatic rings. The fourth-order valence-electron chi connectivity index (χ4n) is 2.36. The quantitative estimate of drug-likeness (QED) is 0.765. The van der Waals surface area contributed by atoms with Gasteiger partial charge in [-0.25, -0.2) is 14.2 Å². The third kappa shape index (κ3) is 2.93. The number of ether oxygens (including phenoxy) is 1. The highest BCUT2D eigenvalue weighted by molar-refractivity contribution is 7.99. The van der Waals surface area contributed by atoms with Crippen molar-refractivity contribution in [3.63, 3.8) is 0 Å². The number of halogens is 3. The van der Waals surface area contributed by atoms with Gasteiger partial charge in [0.25, 0.3) is 5.66 Å². The average Bonchev–Trinajstić information content (AvgIpc) is 2.49. The molecule has 2 rings (SSSR count). The van der Waals surface area contributed by atoms with Gasteiger partial charge < -0.3 is 15.4 Å². The molecule has 0 aliphatic carbocycles. The van der Waals surface area contributed by atoms with E-state index in [-0.39, 0.29) is 29.9 Å². The molecule has 1 aromatic heterocycles. The Morgan fingerprint density at radius 2 is 2.12 bits per heavy atom. The molecule has 6 nitrogen and oxygen atoms in total. The van der Waals surface area contributed by atoms with E-state index in [0.29, 0.717) is 0 Å². The number of hydrogen-bond acceptors (Lipinski definition) is 7. The molecular weight excluding hydrogens is 345 g/mol. The Balaban J connectivity index is 2.65. The fourth-order valence-corrected chi connectivity index (χ4v) is 2.84. The van der Waals surface area contributed by atoms with Crippen molar-refractivity contribution in [1.82, 2.24) is 4.98 Å². The molecule has 4 N–H and O–H groups in total. The van der Waals surface area contributed by atoms with Crippen molar-refractivity contribution in [2.24, 2.45) is 11.5 Å². The largest absolute Gasteiger partial charge is 0.420 e. The Morgan fingerprint density at radius 1 is 1.50 bits per heavy atom. The number of carbonyl (C=O) groups is 1. The minimum Gasteiger partial charge on any atom is -0.420 e. The molecule has 0 saturated carbocycles. The maximum atomic E-state index is 14.7. The zero-order valence-electron chi connectivity index (χ0n) is 13.4. The highest BCUT2D eigenvalue weighted by atomic mass is 32.2. The molecular formula is C14H19F3N4O2S. The molecule has 0 saturated heterocycles. The summed E-state index contributed by atoms with van der Waals surface area (Å²) in [6.07, 6.45) is 2.48. The summed E-state index contributed by atoms with van der Waals surface area (Å²) in [6, 6.07) is 2.86. The first-order chi connectivity index (χ1) is 10.9. The lowest BCUT2D eigenvalue weighted by molar-refractivity contribution is -0.166. The van der Waals surface area contributed by atoms with E-state index in [0.717, 1.165) is 11.2 Å². The number of anilines is 1. The lowest BCUT2D eigenvalue weighted by Crippen LogP contribution is -2.78.